The average molecular weight is 273 g/mol. The Kier molecular flexibility index (Phi) is 3.44. The Hall–Kier alpha value is -2.26. The van der Waals surface area contributed by atoms with Crippen LogP contribution >= 0.6 is 0 Å². The first-order chi connectivity index (χ1) is 9.75. The van der Waals surface area contributed by atoms with Crippen LogP contribution in [0.1, 0.15) is 11.3 Å². The number of aromatic nitrogens is 2. The van der Waals surface area contributed by atoms with E-state index in [1.165, 1.54) is 4.68 Å². The van der Waals surface area contributed by atoms with Crippen molar-refractivity contribution in [3.8, 4) is 5.69 Å². The van der Waals surface area contributed by atoms with Gasteiger partial charge in [0.15, 0.2) is 6.29 Å². The van der Waals surface area contributed by atoms with Crippen molar-refractivity contribution < 1.29 is 0 Å². The monoisotopic (exact) mass is 273 g/mol. The number of rotatable bonds is 3. The van der Waals surface area contributed by atoms with Gasteiger partial charge >= 0.3 is 0 Å². The lowest BCUT2D eigenvalue weighted by molar-refractivity contribution is 0.551. The van der Waals surface area contributed by atoms with Crippen molar-refractivity contribution in [1.29, 1.82) is 0 Å². The maximum atomic E-state index is 12.4. The highest BCUT2D eigenvalue weighted by Gasteiger charge is 2.12. The van der Waals surface area contributed by atoms with Gasteiger partial charge in [0.2, 0.25) is 0 Å². The molecule has 0 radical (unpaired) electrons. The molecular formula is C12H15N7O. The van der Waals surface area contributed by atoms with Gasteiger partial charge in [0.25, 0.3) is 5.56 Å². The number of H-pyrrole nitrogens is 1. The quantitative estimate of drug-likeness (QED) is 0.476. The van der Waals surface area contributed by atoms with E-state index in [0.29, 0.717) is 5.56 Å². The summed E-state index contributed by atoms with van der Waals surface area (Å²) >= 11 is 0. The Balaban J connectivity index is 1.93. The molecule has 1 aromatic carbocycles. The van der Waals surface area contributed by atoms with Gasteiger partial charge in [-0.1, -0.05) is 18.2 Å². The molecule has 0 spiro atoms. The fourth-order valence-electron chi connectivity index (χ4n) is 1.94. The molecule has 8 nitrogen and oxygen atoms in total. The third kappa shape index (κ3) is 2.40. The van der Waals surface area contributed by atoms with Crippen LogP contribution in [0.4, 0.5) is 0 Å². The molecule has 8 heteroatoms. The van der Waals surface area contributed by atoms with Gasteiger partial charge in [-0.15, -0.1) is 0 Å². The number of nitrogens with zero attached hydrogens (tertiary/aromatic N) is 2. The zero-order valence-corrected chi connectivity index (χ0v) is 10.8. The third-order valence-electron chi connectivity index (χ3n) is 2.96. The van der Waals surface area contributed by atoms with Crippen molar-refractivity contribution in [1.82, 2.24) is 31.7 Å². The van der Waals surface area contributed by atoms with E-state index in [2.05, 4.69) is 32.0 Å². The molecule has 2 aromatic rings. The van der Waals surface area contributed by atoms with Crippen LogP contribution in [-0.2, 0) is 0 Å². The van der Waals surface area contributed by atoms with E-state index in [1.54, 1.807) is 6.21 Å². The van der Waals surface area contributed by atoms with Gasteiger partial charge in [-0.25, -0.2) is 15.5 Å². The van der Waals surface area contributed by atoms with Crippen LogP contribution in [0, 0.1) is 6.92 Å². The number of aliphatic imine (C=N–C) groups is 1. The molecule has 2 heterocycles. The standard InChI is InChI=1S/C12H15N7O/c1-8-10(7-13-12-14-17-18-15-12)11(20)19(16-8)9-5-3-2-4-6-9/h2-7,12,14-18H,1H3/b13-7+. The van der Waals surface area contributed by atoms with E-state index < -0.39 is 0 Å². The zero-order valence-electron chi connectivity index (χ0n) is 10.8. The molecular weight excluding hydrogens is 258 g/mol. The topological polar surface area (TPSA) is 98.3 Å². The summed E-state index contributed by atoms with van der Waals surface area (Å²) in [6.07, 6.45) is 1.22. The number of hydrogen-bond acceptors (Lipinski definition) is 6. The Morgan fingerprint density at radius 2 is 1.90 bits per heavy atom. The molecule has 0 bridgehead atoms. The van der Waals surface area contributed by atoms with Gasteiger partial charge in [-0.05, 0) is 19.1 Å². The Morgan fingerprint density at radius 1 is 1.20 bits per heavy atom. The third-order valence-corrected chi connectivity index (χ3v) is 2.96. The molecule has 1 aliphatic rings. The normalized spacial score (nSPS) is 16.2. The Bertz CT molecular complexity index is 667. The maximum Gasteiger partial charge on any atom is 0.280 e. The maximum absolute atomic E-state index is 12.4. The average Bonchev–Trinajstić information content (AvgIpc) is 3.07. The van der Waals surface area contributed by atoms with E-state index in [9.17, 15) is 4.79 Å². The first-order valence-electron chi connectivity index (χ1n) is 6.17. The van der Waals surface area contributed by atoms with Crippen LogP contribution in [0.15, 0.2) is 40.1 Å². The van der Waals surface area contributed by atoms with Gasteiger partial charge in [0, 0.05) is 11.9 Å². The summed E-state index contributed by atoms with van der Waals surface area (Å²) in [6.45, 7) is 1.84. The van der Waals surface area contributed by atoms with Gasteiger partial charge in [-0.2, -0.15) is 11.1 Å². The number of aryl methyl sites for hydroxylation is 1. The first-order valence-corrected chi connectivity index (χ1v) is 6.17. The van der Waals surface area contributed by atoms with E-state index in [4.69, 9.17) is 0 Å². The second-order valence-electron chi connectivity index (χ2n) is 4.35. The molecule has 0 aliphatic carbocycles. The van der Waals surface area contributed by atoms with Crippen molar-refractivity contribution >= 4 is 6.21 Å². The predicted octanol–water partition coefficient (Wildman–Crippen LogP) is -0.706. The second kappa shape index (κ2) is 5.39. The molecule has 1 aliphatic heterocycles. The zero-order chi connectivity index (χ0) is 13.9. The lowest BCUT2D eigenvalue weighted by atomic mass is 10.3. The molecule has 1 aromatic heterocycles. The first kappa shape index (κ1) is 12.8. The van der Waals surface area contributed by atoms with E-state index in [1.807, 2.05) is 37.3 Å². The van der Waals surface area contributed by atoms with Crippen LogP contribution in [0.5, 0.6) is 0 Å². The predicted molar refractivity (Wildman–Crippen MR) is 75.1 cm³/mol. The van der Waals surface area contributed by atoms with Crippen molar-refractivity contribution in [3.05, 3.63) is 51.9 Å². The Labute approximate surface area is 114 Å². The molecule has 5 N–H and O–H groups in total. The molecule has 0 amide bonds. The minimum atomic E-state index is -0.325. The molecule has 20 heavy (non-hydrogen) atoms. The highest BCUT2D eigenvalue weighted by atomic mass is 16.1. The van der Waals surface area contributed by atoms with Gasteiger partial charge in [0.05, 0.1) is 11.3 Å². The summed E-state index contributed by atoms with van der Waals surface area (Å²) < 4.78 is 1.50. The van der Waals surface area contributed by atoms with Crippen LogP contribution < -0.4 is 27.5 Å². The highest BCUT2D eigenvalue weighted by molar-refractivity contribution is 5.80. The molecule has 0 atom stereocenters. The summed E-state index contributed by atoms with van der Waals surface area (Å²) in [5.41, 5.74) is 12.9. The van der Waals surface area contributed by atoms with Gasteiger partial charge in [0.1, 0.15) is 0 Å². The largest absolute Gasteiger partial charge is 0.295 e. The van der Waals surface area contributed by atoms with Gasteiger partial charge < -0.3 is 0 Å². The summed E-state index contributed by atoms with van der Waals surface area (Å²) in [4.78, 5) is 16.6. The number of hydrogen-bond donors (Lipinski definition) is 5. The van der Waals surface area contributed by atoms with Crippen molar-refractivity contribution in [2.45, 2.75) is 13.2 Å². The molecule has 1 fully saturated rings. The lowest BCUT2D eigenvalue weighted by Crippen LogP contribution is -2.33. The molecule has 1 saturated heterocycles. The molecule has 3 rings (SSSR count). The van der Waals surface area contributed by atoms with Crippen LogP contribution in [0.3, 0.4) is 0 Å². The molecule has 0 saturated carbocycles. The summed E-state index contributed by atoms with van der Waals surface area (Å²) in [5, 5.41) is 3.05. The van der Waals surface area contributed by atoms with Crippen molar-refractivity contribution in [2.75, 3.05) is 0 Å². The van der Waals surface area contributed by atoms with Crippen LogP contribution in [0.2, 0.25) is 0 Å². The summed E-state index contributed by atoms with van der Waals surface area (Å²) in [5.74, 6) is 0. The van der Waals surface area contributed by atoms with Crippen molar-refractivity contribution in [3.63, 3.8) is 0 Å². The minimum Gasteiger partial charge on any atom is -0.295 e. The van der Waals surface area contributed by atoms with Gasteiger partial charge in [-0.3, -0.25) is 14.9 Å². The SMILES string of the molecule is Cc1[nH]n(-c2ccccc2)c(=O)c1/C=N/C1NNNN1. The highest BCUT2D eigenvalue weighted by Crippen LogP contribution is 2.05. The van der Waals surface area contributed by atoms with E-state index >= 15 is 0 Å². The summed E-state index contributed by atoms with van der Waals surface area (Å²) in [7, 11) is 0. The number of para-hydroxylation sites is 1. The number of aromatic amines is 1. The summed E-state index contributed by atoms with van der Waals surface area (Å²) in [6, 6.07) is 9.41. The van der Waals surface area contributed by atoms with Crippen molar-refractivity contribution in [2.24, 2.45) is 4.99 Å². The number of nitrogens with one attached hydrogen (secondary N) is 5. The number of benzene rings is 1. The lowest BCUT2D eigenvalue weighted by Gasteiger charge is -1.99. The fraction of sp³-hybridized carbons (Fsp3) is 0.167. The number of hydrazine groups is 3. The molecule has 0 unspecified atom stereocenters. The Morgan fingerprint density at radius 3 is 2.60 bits per heavy atom. The van der Waals surface area contributed by atoms with Crippen LogP contribution in [0.25, 0.3) is 5.69 Å². The fourth-order valence-corrected chi connectivity index (χ4v) is 1.94. The molecule has 104 valence electrons. The second-order valence-corrected chi connectivity index (χ2v) is 4.35. The van der Waals surface area contributed by atoms with E-state index in [0.717, 1.165) is 11.4 Å². The minimum absolute atomic E-state index is 0.128. The van der Waals surface area contributed by atoms with Crippen LogP contribution in [-0.4, -0.2) is 22.3 Å². The smallest absolute Gasteiger partial charge is 0.280 e. The van der Waals surface area contributed by atoms with E-state index in [-0.39, 0.29) is 11.8 Å².